The Kier molecular flexibility index (Phi) is 6.52. The van der Waals surface area contributed by atoms with E-state index in [4.69, 9.17) is 14.7 Å². The summed E-state index contributed by atoms with van der Waals surface area (Å²) in [6.45, 7) is 0.0781. The summed E-state index contributed by atoms with van der Waals surface area (Å²) in [6.07, 6.45) is 1.58. The van der Waals surface area contributed by atoms with E-state index in [9.17, 15) is 14.4 Å². The Morgan fingerprint density at radius 1 is 0.757 bits per heavy atom. The smallest absolute Gasteiger partial charge is 0.274 e. The third-order valence-corrected chi connectivity index (χ3v) is 5.72. The van der Waals surface area contributed by atoms with Crippen LogP contribution in [-0.4, -0.2) is 29.7 Å². The molecule has 1 heterocycles. The van der Waals surface area contributed by atoms with Gasteiger partial charge in [0.05, 0.1) is 0 Å². The SMILES string of the molecule is O=C(Nc1ccc(C(=O)NO)cc1)/C(=C\c1ccc2ccccc2c1)NC(=O)c1ccc2c(c1)OCO2. The van der Waals surface area contributed by atoms with Crippen molar-refractivity contribution in [2.45, 2.75) is 0 Å². The van der Waals surface area contributed by atoms with Crippen molar-refractivity contribution >= 4 is 40.3 Å². The molecule has 4 aromatic rings. The third-order valence-electron chi connectivity index (χ3n) is 5.72. The van der Waals surface area contributed by atoms with Crippen LogP contribution in [0.2, 0.25) is 0 Å². The van der Waals surface area contributed by atoms with E-state index in [1.165, 1.54) is 24.3 Å². The van der Waals surface area contributed by atoms with Gasteiger partial charge in [0.1, 0.15) is 5.70 Å². The van der Waals surface area contributed by atoms with Gasteiger partial charge in [-0.1, -0.05) is 36.4 Å². The average Bonchev–Trinajstić information content (AvgIpc) is 3.40. The lowest BCUT2D eigenvalue weighted by atomic mass is 10.1. The molecule has 1 aliphatic heterocycles. The predicted molar refractivity (Wildman–Crippen MR) is 136 cm³/mol. The van der Waals surface area contributed by atoms with Crippen LogP contribution in [0, 0.1) is 0 Å². The van der Waals surface area contributed by atoms with Gasteiger partial charge in [-0.2, -0.15) is 0 Å². The largest absolute Gasteiger partial charge is 0.454 e. The maximum absolute atomic E-state index is 13.3. The zero-order chi connectivity index (χ0) is 25.8. The van der Waals surface area contributed by atoms with E-state index in [-0.39, 0.29) is 18.1 Å². The number of benzene rings is 4. The number of fused-ring (bicyclic) bond motifs is 2. The molecule has 1 aliphatic rings. The molecule has 37 heavy (non-hydrogen) atoms. The van der Waals surface area contributed by atoms with Crippen molar-refractivity contribution in [2.24, 2.45) is 0 Å². The highest BCUT2D eigenvalue weighted by molar-refractivity contribution is 6.11. The van der Waals surface area contributed by atoms with Gasteiger partial charge in [-0.25, -0.2) is 5.48 Å². The highest BCUT2D eigenvalue weighted by atomic mass is 16.7. The molecule has 0 saturated carbocycles. The van der Waals surface area contributed by atoms with Gasteiger partial charge < -0.3 is 20.1 Å². The fourth-order valence-corrected chi connectivity index (χ4v) is 3.82. The van der Waals surface area contributed by atoms with Crippen molar-refractivity contribution in [1.82, 2.24) is 10.8 Å². The Hall–Kier alpha value is -5.15. The zero-order valence-corrected chi connectivity index (χ0v) is 19.4. The molecule has 0 unspecified atom stereocenters. The molecule has 0 spiro atoms. The van der Waals surface area contributed by atoms with Gasteiger partial charge >= 0.3 is 0 Å². The van der Waals surface area contributed by atoms with Gasteiger partial charge in [0.25, 0.3) is 17.7 Å². The lowest BCUT2D eigenvalue weighted by molar-refractivity contribution is -0.113. The number of hydroxylamine groups is 1. The van der Waals surface area contributed by atoms with Crippen molar-refractivity contribution in [2.75, 3.05) is 12.1 Å². The van der Waals surface area contributed by atoms with E-state index in [0.717, 1.165) is 10.8 Å². The number of anilines is 1. The molecule has 0 saturated heterocycles. The van der Waals surface area contributed by atoms with Crippen LogP contribution in [0.25, 0.3) is 16.8 Å². The van der Waals surface area contributed by atoms with Crippen LogP contribution in [-0.2, 0) is 4.79 Å². The van der Waals surface area contributed by atoms with Crippen molar-refractivity contribution < 1.29 is 29.1 Å². The molecular weight excluding hydrogens is 474 g/mol. The Bertz CT molecular complexity index is 1550. The van der Waals surface area contributed by atoms with Crippen molar-refractivity contribution in [1.29, 1.82) is 0 Å². The lowest BCUT2D eigenvalue weighted by Gasteiger charge is -2.12. The number of amides is 3. The Morgan fingerprint density at radius 3 is 2.27 bits per heavy atom. The highest BCUT2D eigenvalue weighted by Crippen LogP contribution is 2.32. The van der Waals surface area contributed by atoms with Gasteiger partial charge in [0, 0.05) is 16.8 Å². The standard InChI is InChI=1S/C28H21N3O6/c32-26(21-9-12-24-25(15-21)37-16-36-24)30-23(14-17-5-6-18-3-1-2-4-20(18)13-17)28(34)29-22-10-7-19(8-11-22)27(33)31-35/h1-15,35H,16H2,(H,29,34)(H,30,32)(H,31,33)/b23-14+. The molecule has 0 bridgehead atoms. The summed E-state index contributed by atoms with van der Waals surface area (Å²) in [7, 11) is 0. The molecular formula is C28H21N3O6. The third kappa shape index (κ3) is 5.26. The summed E-state index contributed by atoms with van der Waals surface area (Å²) < 4.78 is 10.6. The van der Waals surface area contributed by atoms with Crippen LogP contribution in [0.4, 0.5) is 5.69 Å². The summed E-state index contributed by atoms with van der Waals surface area (Å²) >= 11 is 0. The number of ether oxygens (including phenoxy) is 2. The van der Waals surface area contributed by atoms with Crippen LogP contribution < -0.4 is 25.6 Å². The van der Waals surface area contributed by atoms with Gasteiger partial charge in [-0.3, -0.25) is 19.6 Å². The molecule has 4 aromatic carbocycles. The molecule has 4 N–H and O–H groups in total. The van der Waals surface area contributed by atoms with E-state index in [1.807, 2.05) is 42.5 Å². The fourth-order valence-electron chi connectivity index (χ4n) is 3.82. The minimum Gasteiger partial charge on any atom is -0.454 e. The van der Waals surface area contributed by atoms with Crippen molar-refractivity contribution in [3.05, 3.63) is 107 Å². The van der Waals surface area contributed by atoms with E-state index in [2.05, 4.69) is 10.6 Å². The quantitative estimate of drug-likeness (QED) is 0.181. The Labute approximate surface area is 211 Å². The van der Waals surface area contributed by atoms with Crippen LogP contribution >= 0.6 is 0 Å². The summed E-state index contributed by atoms with van der Waals surface area (Å²) in [6, 6.07) is 24.2. The van der Waals surface area contributed by atoms with E-state index >= 15 is 0 Å². The minimum atomic E-state index is -0.675. The van der Waals surface area contributed by atoms with Crippen molar-refractivity contribution in [3.8, 4) is 11.5 Å². The zero-order valence-electron chi connectivity index (χ0n) is 19.4. The topological polar surface area (TPSA) is 126 Å². The molecule has 5 rings (SSSR count). The lowest BCUT2D eigenvalue weighted by Crippen LogP contribution is -2.30. The highest BCUT2D eigenvalue weighted by Gasteiger charge is 2.19. The summed E-state index contributed by atoms with van der Waals surface area (Å²) in [5.41, 5.74) is 3.17. The predicted octanol–water partition coefficient (Wildman–Crippen LogP) is 4.10. The summed E-state index contributed by atoms with van der Waals surface area (Å²) in [5, 5.41) is 16.2. The average molecular weight is 495 g/mol. The molecule has 0 aliphatic carbocycles. The first-order valence-corrected chi connectivity index (χ1v) is 11.3. The van der Waals surface area contributed by atoms with E-state index in [1.54, 1.807) is 29.8 Å². The first-order valence-electron chi connectivity index (χ1n) is 11.3. The van der Waals surface area contributed by atoms with E-state index < -0.39 is 17.7 Å². The number of rotatable bonds is 6. The number of nitrogens with one attached hydrogen (secondary N) is 3. The minimum absolute atomic E-state index is 0.00938. The fraction of sp³-hybridized carbons (Fsp3) is 0.0357. The second kappa shape index (κ2) is 10.2. The first kappa shape index (κ1) is 23.6. The molecule has 0 radical (unpaired) electrons. The monoisotopic (exact) mass is 495 g/mol. The first-order chi connectivity index (χ1) is 18.0. The van der Waals surface area contributed by atoms with E-state index in [0.29, 0.717) is 28.3 Å². The van der Waals surface area contributed by atoms with Gasteiger partial charge in [0.15, 0.2) is 11.5 Å². The molecule has 9 heteroatoms. The van der Waals surface area contributed by atoms with Crippen LogP contribution in [0.3, 0.4) is 0 Å². The maximum atomic E-state index is 13.3. The second-order valence-electron chi connectivity index (χ2n) is 8.16. The Morgan fingerprint density at radius 2 is 1.49 bits per heavy atom. The number of hydrogen-bond donors (Lipinski definition) is 4. The molecule has 3 amide bonds. The summed E-state index contributed by atoms with van der Waals surface area (Å²) in [4.78, 5) is 37.9. The maximum Gasteiger partial charge on any atom is 0.274 e. The van der Waals surface area contributed by atoms with Gasteiger partial charge in [-0.05, 0) is 70.9 Å². The van der Waals surface area contributed by atoms with Crippen molar-refractivity contribution in [3.63, 3.8) is 0 Å². The molecule has 0 aromatic heterocycles. The van der Waals surface area contributed by atoms with Gasteiger partial charge in [-0.15, -0.1) is 0 Å². The van der Waals surface area contributed by atoms with Crippen LogP contribution in [0.15, 0.2) is 90.6 Å². The van der Waals surface area contributed by atoms with Crippen LogP contribution in [0.1, 0.15) is 26.3 Å². The second-order valence-corrected chi connectivity index (χ2v) is 8.16. The molecule has 184 valence electrons. The number of carbonyl (C=O) groups is 3. The number of hydrogen-bond acceptors (Lipinski definition) is 6. The van der Waals surface area contributed by atoms with Gasteiger partial charge in [0.2, 0.25) is 6.79 Å². The van der Waals surface area contributed by atoms with Crippen LogP contribution in [0.5, 0.6) is 11.5 Å². The number of carbonyl (C=O) groups excluding carboxylic acids is 3. The Balaban J connectivity index is 1.43. The molecule has 9 nitrogen and oxygen atoms in total. The summed E-state index contributed by atoms with van der Waals surface area (Å²) in [5.74, 6) is -0.758. The normalized spacial score (nSPS) is 12.2. The molecule has 0 atom stereocenters. The molecule has 0 fully saturated rings.